The lowest BCUT2D eigenvalue weighted by Crippen LogP contribution is -2.28. The Labute approximate surface area is 157 Å². The van der Waals surface area contributed by atoms with Gasteiger partial charge in [0.1, 0.15) is 17.2 Å². The van der Waals surface area contributed by atoms with Crippen LogP contribution in [0.4, 0.5) is 11.4 Å². The summed E-state index contributed by atoms with van der Waals surface area (Å²) in [4.78, 5) is 25.5. The third-order valence-corrected chi connectivity index (χ3v) is 4.44. The van der Waals surface area contributed by atoms with E-state index in [9.17, 15) is 14.9 Å². The monoisotopic (exact) mass is 373 g/mol. The van der Waals surface area contributed by atoms with E-state index in [-0.39, 0.29) is 17.1 Å². The topological polar surface area (TPSA) is 97.8 Å². The maximum Gasteiger partial charge on any atom is 0.296 e. The molecule has 8 nitrogen and oxygen atoms in total. The van der Waals surface area contributed by atoms with Gasteiger partial charge in [-0.15, -0.1) is 0 Å². The van der Waals surface area contributed by atoms with Crippen molar-refractivity contribution in [3.8, 4) is 5.75 Å². The number of carbonyl (C=O) groups is 1. The number of piperidine rings is 1. The summed E-state index contributed by atoms with van der Waals surface area (Å²) in [7, 11) is 0. The van der Waals surface area contributed by atoms with E-state index in [0.29, 0.717) is 24.7 Å². The molecule has 1 aliphatic rings. The quantitative estimate of drug-likeness (QED) is 0.585. The average molecular weight is 373 g/mol. The zero-order valence-corrected chi connectivity index (χ0v) is 15.3. The van der Waals surface area contributed by atoms with E-state index in [4.69, 9.17) is 9.15 Å². The molecule has 0 atom stereocenters. The minimum absolute atomic E-state index is 0.0995. The predicted octanol–water partition coefficient (Wildman–Crippen LogP) is 3.82. The molecule has 0 unspecified atom stereocenters. The Kier molecular flexibility index (Phi) is 6.08. The molecular weight excluding hydrogens is 350 g/mol. The summed E-state index contributed by atoms with van der Waals surface area (Å²) >= 11 is 0. The minimum atomic E-state index is -0.554. The standard InChI is InChI=1S/C19H23N3O5/c1-2-26-14-6-8-16(17(12-14)22(24)25)20-19(23)18-9-7-15(27-18)13-21-10-4-3-5-11-21/h6-9,12H,2-5,10-11,13H2,1H3,(H,20,23). The highest BCUT2D eigenvalue weighted by Gasteiger charge is 2.20. The van der Waals surface area contributed by atoms with Crippen LogP contribution < -0.4 is 10.1 Å². The molecule has 1 aromatic carbocycles. The van der Waals surface area contributed by atoms with Crippen LogP contribution in [0.2, 0.25) is 0 Å². The summed E-state index contributed by atoms with van der Waals surface area (Å²) in [6.45, 7) is 4.91. The first-order chi connectivity index (χ1) is 13.1. The van der Waals surface area contributed by atoms with Crippen molar-refractivity contribution in [2.45, 2.75) is 32.7 Å². The second-order valence-corrected chi connectivity index (χ2v) is 6.43. The molecule has 2 heterocycles. The van der Waals surface area contributed by atoms with Crippen molar-refractivity contribution in [3.05, 3.63) is 52.0 Å². The van der Waals surface area contributed by atoms with Crippen LogP contribution >= 0.6 is 0 Å². The van der Waals surface area contributed by atoms with Crippen molar-refractivity contribution < 1.29 is 18.9 Å². The first kappa shape index (κ1) is 18.9. The van der Waals surface area contributed by atoms with Gasteiger partial charge in [0.25, 0.3) is 11.6 Å². The number of carbonyl (C=O) groups excluding carboxylic acids is 1. The van der Waals surface area contributed by atoms with Gasteiger partial charge in [0.05, 0.1) is 24.1 Å². The molecule has 1 N–H and O–H groups in total. The van der Waals surface area contributed by atoms with Crippen molar-refractivity contribution in [2.75, 3.05) is 25.0 Å². The fourth-order valence-electron chi connectivity index (χ4n) is 3.13. The number of benzene rings is 1. The molecule has 1 aromatic heterocycles. The van der Waals surface area contributed by atoms with E-state index in [0.717, 1.165) is 13.1 Å². The van der Waals surface area contributed by atoms with E-state index in [1.54, 1.807) is 25.1 Å². The highest BCUT2D eigenvalue weighted by molar-refractivity contribution is 6.03. The highest BCUT2D eigenvalue weighted by Crippen LogP contribution is 2.29. The van der Waals surface area contributed by atoms with Gasteiger partial charge in [0.2, 0.25) is 0 Å². The number of nitrogens with zero attached hydrogens (tertiary/aromatic N) is 2. The molecule has 1 fully saturated rings. The van der Waals surface area contributed by atoms with Crippen LogP contribution in [-0.4, -0.2) is 35.4 Å². The lowest BCUT2D eigenvalue weighted by molar-refractivity contribution is -0.384. The fourth-order valence-corrected chi connectivity index (χ4v) is 3.13. The third kappa shape index (κ3) is 4.85. The Hall–Kier alpha value is -2.87. The number of anilines is 1. The number of amides is 1. The number of ether oxygens (including phenoxy) is 1. The SMILES string of the molecule is CCOc1ccc(NC(=O)c2ccc(CN3CCCCC3)o2)c([N+](=O)[O-])c1. The molecule has 3 rings (SSSR count). The molecule has 0 radical (unpaired) electrons. The van der Waals surface area contributed by atoms with E-state index in [1.807, 2.05) is 0 Å². The van der Waals surface area contributed by atoms with Crippen molar-refractivity contribution in [1.29, 1.82) is 0 Å². The molecule has 2 aromatic rings. The Balaban J connectivity index is 1.69. The smallest absolute Gasteiger partial charge is 0.296 e. The van der Waals surface area contributed by atoms with Gasteiger partial charge in [0.15, 0.2) is 5.76 Å². The summed E-state index contributed by atoms with van der Waals surface area (Å²) in [5.41, 5.74) is -0.128. The summed E-state index contributed by atoms with van der Waals surface area (Å²) in [5.74, 6) is 0.699. The Morgan fingerprint density at radius 3 is 2.74 bits per heavy atom. The van der Waals surface area contributed by atoms with Gasteiger partial charge in [-0.3, -0.25) is 19.8 Å². The molecule has 27 heavy (non-hydrogen) atoms. The normalized spacial score (nSPS) is 14.7. The van der Waals surface area contributed by atoms with Crippen LogP contribution in [0.5, 0.6) is 5.75 Å². The molecule has 0 aliphatic carbocycles. The molecular formula is C19H23N3O5. The van der Waals surface area contributed by atoms with E-state index in [2.05, 4.69) is 10.2 Å². The number of hydrogen-bond donors (Lipinski definition) is 1. The van der Waals surface area contributed by atoms with Gasteiger partial charge in [-0.2, -0.15) is 0 Å². The Bertz CT molecular complexity index is 811. The lowest BCUT2D eigenvalue weighted by atomic mass is 10.1. The molecule has 0 bridgehead atoms. The minimum Gasteiger partial charge on any atom is -0.494 e. The molecule has 1 saturated heterocycles. The van der Waals surface area contributed by atoms with Crippen LogP contribution in [0.1, 0.15) is 42.5 Å². The number of nitro groups is 1. The van der Waals surface area contributed by atoms with Gasteiger partial charge < -0.3 is 14.5 Å². The van der Waals surface area contributed by atoms with Gasteiger partial charge >= 0.3 is 0 Å². The molecule has 1 amide bonds. The Morgan fingerprint density at radius 2 is 2.04 bits per heavy atom. The number of furan rings is 1. The van der Waals surface area contributed by atoms with Crippen molar-refractivity contribution >= 4 is 17.3 Å². The second kappa shape index (κ2) is 8.68. The molecule has 0 saturated carbocycles. The largest absolute Gasteiger partial charge is 0.494 e. The van der Waals surface area contributed by atoms with Crippen LogP contribution in [0.25, 0.3) is 0 Å². The fraction of sp³-hybridized carbons (Fsp3) is 0.421. The van der Waals surface area contributed by atoms with Gasteiger partial charge in [-0.1, -0.05) is 6.42 Å². The number of nitro benzene ring substituents is 1. The number of likely N-dealkylation sites (tertiary alicyclic amines) is 1. The molecule has 1 aliphatic heterocycles. The first-order valence-corrected chi connectivity index (χ1v) is 9.10. The Morgan fingerprint density at radius 1 is 1.26 bits per heavy atom. The number of hydrogen-bond acceptors (Lipinski definition) is 6. The number of rotatable bonds is 7. The van der Waals surface area contributed by atoms with Gasteiger partial charge in [-0.05, 0) is 57.1 Å². The zero-order chi connectivity index (χ0) is 19.2. The van der Waals surface area contributed by atoms with Gasteiger partial charge in [0, 0.05) is 0 Å². The average Bonchev–Trinajstić information content (AvgIpc) is 3.12. The number of nitrogens with one attached hydrogen (secondary N) is 1. The van der Waals surface area contributed by atoms with Crippen LogP contribution in [0.3, 0.4) is 0 Å². The summed E-state index contributed by atoms with van der Waals surface area (Å²) in [5, 5.41) is 13.8. The van der Waals surface area contributed by atoms with Crippen molar-refractivity contribution in [1.82, 2.24) is 4.90 Å². The molecule has 144 valence electrons. The summed E-state index contributed by atoms with van der Waals surface area (Å²) < 4.78 is 10.9. The summed E-state index contributed by atoms with van der Waals surface area (Å²) in [6, 6.07) is 7.70. The van der Waals surface area contributed by atoms with Crippen molar-refractivity contribution in [2.24, 2.45) is 0 Å². The van der Waals surface area contributed by atoms with Crippen LogP contribution in [-0.2, 0) is 6.54 Å². The van der Waals surface area contributed by atoms with Crippen LogP contribution in [0.15, 0.2) is 34.7 Å². The van der Waals surface area contributed by atoms with E-state index in [1.165, 1.54) is 31.4 Å². The second-order valence-electron chi connectivity index (χ2n) is 6.43. The first-order valence-electron chi connectivity index (χ1n) is 9.10. The zero-order valence-electron chi connectivity index (χ0n) is 15.3. The molecule has 0 spiro atoms. The van der Waals surface area contributed by atoms with E-state index >= 15 is 0 Å². The highest BCUT2D eigenvalue weighted by atomic mass is 16.6. The maximum absolute atomic E-state index is 12.4. The summed E-state index contributed by atoms with van der Waals surface area (Å²) in [6.07, 6.45) is 3.61. The third-order valence-electron chi connectivity index (χ3n) is 4.44. The molecule has 8 heteroatoms. The van der Waals surface area contributed by atoms with Crippen molar-refractivity contribution in [3.63, 3.8) is 0 Å². The predicted molar refractivity (Wildman–Crippen MR) is 100 cm³/mol. The maximum atomic E-state index is 12.4. The van der Waals surface area contributed by atoms with Gasteiger partial charge in [-0.25, -0.2) is 0 Å². The lowest BCUT2D eigenvalue weighted by Gasteiger charge is -2.25. The van der Waals surface area contributed by atoms with Crippen LogP contribution in [0, 0.1) is 10.1 Å². The van der Waals surface area contributed by atoms with E-state index < -0.39 is 10.8 Å².